The Bertz CT molecular complexity index is 978. The first-order valence-electron chi connectivity index (χ1n) is 7.33. The van der Waals surface area contributed by atoms with Crippen molar-refractivity contribution in [3.63, 3.8) is 0 Å². The Morgan fingerprint density at radius 1 is 1.00 bits per heavy atom. The minimum atomic E-state index is -1.09. The van der Waals surface area contributed by atoms with Crippen LogP contribution in [0, 0.1) is 5.21 Å². The van der Waals surface area contributed by atoms with Gasteiger partial charge < -0.3 is 19.1 Å². The van der Waals surface area contributed by atoms with E-state index in [0.29, 0.717) is 41.6 Å². The van der Waals surface area contributed by atoms with Gasteiger partial charge in [0.25, 0.3) is 0 Å². The lowest BCUT2D eigenvalue weighted by Gasteiger charge is -2.18. The van der Waals surface area contributed by atoms with Crippen LogP contribution in [0.3, 0.4) is 0 Å². The van der Waals surface area contributed by atoms with Crippen molar-refractivity contribution >= 4 is 16.7 Å². The van der Waals surface area contributed by atoms with Crippen LogP contribution in [0.5, 0.6) is 11.5 Å². The normalized spacial score (nSPS) is 14.6. The first kappa shape index (κ1) is 14.7. The number of quaternary nitrogens is 1. The van der Waals surface area contributed by atoms with Crippen LogP contribution in [0.1, 0.15) is 0 Å². The second-order valence-corrected chi connectivity index (χ2v) is 5.35. The van der Waals surface area contributed by atoms with E-state index in [-0.39, 0.29) is 16.5 Å². The Hall–Kier alpha value is -2.87. The molecule has 0 spiro atoms. The quantitative estimate of drug-likeness (QED) is 0.695. The van der Waals surface area contributed by atoms with Crippen LogP contribution in [0.2, 0.25) is 0 Å². The number of benzene rings is 2. The molecule has 24 heavy (non-hydrogen) atoms. The van der Waals surface area contributed by atoms with E-state index in [4.69, 9.17) is 19.1 Å². The van der Waals surface area contributed by atoms with Crippen LogP contribution in [0.25, 0.3) is 22.3 Å². The number of hydrogen-bond donors (Lipinski definition) is 2. The lowest BCUT2D eigenvalue weighted by molar-refractivity contribution is -0.991. The van der Waals surface area contributed by atoms with Crippen molar-refractivity contribution < 1.29 is 24.3 Å². The number of hydrogen-bond acceptors (Lipinski definition) is 6. The van der Waals surface area contributed by atoms with Gasteiger partial charge in [0.05, 0.1) is 5.39 Å². The monoisotopic (exact) mass is 327 g/mol. The summed E-state index contributed by atoms with van der Waals surface area (Å²) in [6, 6.07) is 10.9. The summed E-state index contributed by atoms with van der Waals surface area (Å²) in [6.07, 6.45) is 0. The Labute approximate surface area is 135 Å². The average molecular weight is 327 g/mol. The zero-order valence-electron chi connectivity index (χ0n) is 12.4. The Kier molecular flexibility index (Phi) is 3.46. The lowest BCUT2D eigenvalue weighted by Crippen LogP contribution is -2.99. The molecule has 1 aromatic heterocycles. The van der Waals surface area contributed by atoms with Gasteiger partial charge in [0.1, 0.15) is 24.6 Å². The van der Waals surface area contributed by atoms with Crippen LogP contribution in [-0.2, 0) is 0 Å². The summed E-state index contributed by atoms with van der Waals surface area (Å²) < 4.78 is 16.8. The Morgan fingerprint density at radius 2 is 1.79 bits per heavy atom. The highest BCUT2D eigenvalue weighted by Crippen LogP contribution is 2.34. The van der Waals surface area contributed by atoms with Gasteiger partial charge in [-0.25, -0.2) is 5.21 Å². The van der Waals surface area contributed by atoms with Gasteiger partial charge in [-0.15, -0.1) is 0 Å². The van der Waals surface area contributed by atoms with Crippen molar-refractivity contribution in [1.82, 2.24) is 0 Å². The minimum Gasteiger partial charge on any atom is -0.595 e. The highest BCUT2D eigenvalue weighted by Gasteiger charge is 2.15. The summed E-state index contributed by atoms with van der Waals surface area (Å²) in [4.78, 5) is 12.3. The second-order valence-electron chi connectivity index (χ2n) is 5.35. The van der Waals surface area contributed by atoms with E-state index < -0.39 is 5.23 Å². The summed E-state index contributed by atoms with van der Waals surface area (Å²) in [5.41, 5.74) is 0.754. The van der Waals surface area contributed by atoms with Gasteiger partial charge in [-0.2, -0.15) is 5.23 Å². The molecule has 1 aliphatic heterocycles. The summed E-state index contributed by atoms with van der Waals surface area (Å²) in [5.74, 6) is 1.63. The molecule has 1 atom stereocenters. The standard InChI is InChI=1S/C17H13NO6/c19-13-9-16(10-1-3-15-17(7-10)23-6-5-22-15)24-14-4-2-11(18(20)21)8-12(13)14/h1-4,7-9,18,20H,5-6H2. The van der Waals surface area contributed by atoms with Gasteiger partial charge in [0.2, 0.25) is 0 Å². The van der Waals surface area contributed by atoms with Crippen molar-refractivity contribution in [2.75, 3.05) is 13.2 Å². The first-order valence-corrected chi connectivity index (χ1v) is 7.33. The van der Waals surface area contributed by atoms with Crippen LogP contribution in [0.15, 0.2) is 51.7 Å². The molecule has 0 fully saturated rings. The Morgan fingerprint density at radius 3 is 2.58 bits per heavy atom. The zero-order chi connectivity index (χ0) is 16.7. The second kappa shape index (κ2) is 5.64. The molecule has 0 aliphatic carbocycles. The van der Waals surface area contributed by atoms with Gasteiger partial charge in [-0.1, -0.05) is 0 Å². The predicted octanol–water partition coefficient (Wildman–Crippen LogP) is 1.63. The SMILES string of the molecule is O=c1cc(-c2ccc3c(c2)OCCO3)oc2ccc([NH+]([O-])O)cc12. The number of nitrogens with one attached hydrogen (secondary N) is 1. The molecule has 122 valence electrons. The number of rotatable bonds is 2. The first-order chi connectivity index (χ1) is 11.6. The third-order valence-electron chi connectivity index (χ3n) is 3.80. The highest BCUT2D eigenvalue weighted by molar-refractivity contribution is 5.81. The van der Waals surface area contributed by atoms with Crippen molar-refractivity contribution in [2.45, 2.75) is 0 Å². The van der Waals surface area contributed by atoms with Gasteiger partial charge in [-0.05, 0) is 24.3 Å². The van der Waals surface area contributed by atoms with E-state index >= 15 is 0 Å². The lowest BCUT2D eigenvalue weighted by atomic mass is 10.1. The summed E-state index contributed by atoms with van der Waals surface area (Å²) in [5, 5.41) is 19.2. The molecule has 0 bridgehead atoms. The molecule has 2 heterocycles. The van der Waals surface area contributed by atoms with E-state index in [0.717, 1.165) is 0 Å². The van der Waals surface area contributed by atoms with Crippen molar-refractivity contribution in [3.05, 3.63) is 57.9 Å². The predicted molar refractivity (Wildman–Crippen MR) is 84.7 cm³/mol. The van der Waals surface area contributed by atoms with Crippen LogP contribution >= 0.6 is 0 Å². The van der Waals surface area contributed by atoms with E-state index in [1.807, 2.05) is 0 Å². The van der Waals surface area contributed by atoms with E-state index in [1.54, 1.807) is 18.2 Å². The zero-order valence-corrected chi connectivity index (χ0v) is 12.4. The molecule has 7 heteroatoms. The third-order valence-corrected chi connectivity index (χ3v) is 3.80. The molecule has 0 amide bonds. The molecular weight excluding hydrogens is 314 g/mol. The fourth-order valence-electron chi connectivity index (χ4n) is 2.63. The smallest absolute Gasteiger partial charge is 0.193 e. The largest absolute Gasteiger partial charge is 0.595 e. The molecule has 2 aromatic carbocycles. The average Bonchev–Trinajstić information content (AvgIpc) is 2.61. The molecule has 0 radical (unpaired) electrons. The van der Waals surface area contributed by atoms with Crippen LogP contribution in [-0.4, -0.2) is 18.4 Å². The molecule has 1 aliphatic rings. The molecule has 7 nitrogen and oxygen atoms in total. The van der Waals surface area contributed by atoms with Gasteiger partial charge >= 0.3 is 0 Å². The summed E-state index contributed by atoms with van der Waals surface area (Å²) in [6.45, 7) is 0.972. The molecule has 3 aromatic rings. The molecule has 0 saturated heterocycles. The highest BCUT2D eigenvalue weighted by atomic mass is 16.8. The molecular formula is C17H13NO6. The maximum absolute atomic E-state index is 12.3. The van der Waals surface area contributed by atoms with E-state index in [2.05, 4.69) is 0 Å². The maximum Gasteiger partial charge on any atom is 0.193 e. The summed E-state index contributed by atoms with van der Waals surface area (Å²) >= 11 is 0. The van der Waals surface area contributed by atoms with Crippen LogP contribution in [0.4, 0.5) is 5.69 Å². The van der Waals surface area contributed by atoms with Crippen molar-refractivity contribution in [3.8, 4) is 22.8 Å². The van der Waals surface area contributed by atoms with E-state index in [1.165, 1.54) is 24.3 Å². The van der Waals surface area contributed by atoms with E-state index in [9.17, 15) is 10.0 Å². The third kappa shape index (κ3) is 2.50. The minimum absolute atomic E-state index is 0.0434. The Balaban J connectivity index is 1.83. The van der Waals surface area contributed by atoms with Crippen molar-refractivity contribution in [2.24, 2.45) is 0 Å². The van der Waals surface area contributed by atoms with Gasteiger partial charge in [0, 0.05) is 23.8 Å². The van der Waals surface area contributed by atoms with Crippen molar-refractivity contribution in [1.29, 1.82) is 0 Å². The molecule has 0 saturated carbocycles. The molecule has 4 rings (SSSR count). The van der Waals surface area contributed by atoms with Gasteiger partial charge in [0.15, 0.2) is 22.6 Å². The summed E-state index contributed by atoms with van der Waals surface area (Å²) in [7, 11) is 0. The fourth-order valence-corrected chi connectivity index (χ4v) is 2.63. The fraction of sp³-hybridized carbons (Fsp3) is 0.118. The topological polar surface area (TPSA) is 96.4 Å². The maximum atomic E-state index is 12.3. The molecule has 1 unspecified atom stereocenters. The number of ether oxygens (including phenoxy) is 2. The molecule has 2 N–H and O–H groups in total. The number of fused-ring (bicyclic) bond motifs is 2. The van der Waals surface area contributed by atoms with Crippen LogP contribution < -0.4 is 20.1 Å². The van der Waals surface area contributed by atoms with Gasteiger partial charge in [-0.3, -0.25) is 4.79 Å².